The van der Waals surface area contributed by atoms with E-state index < -0.39 is 46.9 Å². The van der Waals surface area contributed by atoms with Crippen LogP contribution in [0.25, 0.3) is 0 Å². The Morgan fingerprint density at radius 3 is 2.55 bits per heavy atom. The van der Waals surface area contributed by atoms with Crippen molar-refractivity contribution in [1.82, 2.24) is 10.6 Å². The molecule has 0 saturated carbocycles. The Morgan fingerprint density at radius 2 is 1.97 bits per heavy atom. The smallest absolute Gasteiger partial charge is 0.305 e. The Balaban J connectivity index is 1.91. The maximum absolute atomic E-state index is 13.0. The van der Waals surface area contributed by atoms with Crippen molar-refractivity contribution < 1.29 is 28.8 Å². The van der Waals surface area contributed by atoms with Crippen molar-refractivity contribution in [3.63, 3.8) is 0 Å². The number of carbonyl (C=O) groups excluding carboxylic acids is 1. The van der Waals surface area contributed by atoms with E-state index in [9.17, 15) is 19.7 Å². The molecule has 1 amide bonds. The van der Waals surface area contributed by atoms with Gasteiger partial charge in [-0.1, -0.05) is 44.2 Å². The van der Waals surface area contributed by atoms with Crippen LogP contribution >= 0.6 is 0 Å². The van der Waals surface area contributed by atoms with Gasteiger partial charge >= 0.3 is 5.97 Å². The zero-order valence-corrected chi connectivity index (χ0v) is 18.5. The number of rotatable bonds is 11. The minimum Gasteiger partial charge on any atom is -0.481 e. The molecule has 1 aromatic carbocycles. The van der Waals surface area contributed by atoms with E-state index in [1.54, 1.807) is 12.1 Å². The van der Waals surface area contributed by atoms with Crippen molar-refractivity contribution in [2.75, 3.05) is 6.54 Å². The number of benzene rings is 1. The number of hydrogen-bond donors (Lipinski definition) is 3. The fourth-order valence-electron chi connectivity index (χ4n) is 4.36. The number of carboxylic acids is 1. The first-order valence-electron chi connectivity index (χ1n) is 10.9. The molecule has 0 bridgehead atoms. The largest absolute Gasteiger partial charge is 0.481 e. The van der Waals surface area contributed by atoms with Crippen LogP contribution in [0, 0.1) is 22.0 Å². The molecule has 0 spiro atoms. The molecule has 178 valence electrons. The van der Waals surface area contributed by atoms with Crippen LogP contribution in [-0.2, 0) is 20.9 Å². The number of hydrogen-bond acceptors (Lipinski definition) is 7. The molecule has 1 fully saturated rings. The average molecular weight is 459 g/mol. The van der Waals surface area contributed by atoms with Gasteiger partial charge in [0.15, 0.2) is 0 Å². The third-order valence-electron chi connectivity index (χ3n) is 5.82. The van der Waals surface area contributed by atoms with E-state index in [0.717, 1.165) is 5.56 Å². The Kier molecular flexibility index (Phi) is 8.18. The van der Waals surface area contributed by atoms with Crippen LogP contribution in [-0.4, -0.2) is 46.6 Å². The first kappa shape index (κ1) is 24.4. The van der Waals surface area contributed by atoms with Crippen LogP contribution in [0.15, 0.2) is 53.1 Å². The number of amides is 1. The summed E-state index contributed by atoms with van der Waals surface area (Å²) in [4.78, 5) is 35.7. The zero-order valence-electron chi connectivity index (χ0n) is 18.5. The number of ether oxygens (including phenoxy) is 1. The monoisotopic (exact) mass is 459 g/mol. The molecular formula is C23H29N3O7. The Bertz CT molecular complexity index is 933. The normalized spacial score (nSPS) is 23.4. The summed E-state index contributed by atoms with van der Waals surface area (Å²) >= 11 is 0. The molecule has 0 radical (unpaired) electrons. The fraction of sp³-hybridized carbons (Fsp3) is 0.478. The van der Waals surface area contributed by atoms with Crippen LogP contribution in [0.5, 0.6) is 0 Å². The number of nitrogens with zero attached hydrogens (tertiary/aromatic N) is 1. The summed E-state index contributed by atoms with van der Waals surface area (Å²) in [5, 5.41) is 26.8. The first-order chi connectivity index (χ1) is 15.8. The van der Waals surface area contributed by atoms with Crippen LogP contribution < -0.4 is 10.6 Å². The average Bonchev–Trinajstić information content (AvgIpc) is 3.42. The lowest BCUT2D eigenvalue weighted by molar-refractivity contribution is -0.535. The first-order valence-corrected chi connectivity index (χ1v) is 10.9. The Morgan fingerprint density at radius 1 is 1.24 bits per heavy atom. The van der Waals surface area contributed by atoms with E-state index in [2.05, 4.69) is 10.6 Å². The van der Waals surface area contributed by atoms with E-state index in [-0.39, 0.29) is 25.5 Å². The summed E-state index contributed by atoms with van der Waals surface area (Å²) in [6.07, 6.45) is 0.555. The maximum Gasteiger partial charge on any atom is 0.305 e. The third-order valence-corrected chi connectivity index (χ3v) is 5.82. The highest BCUT2D eigenvalue weighted by molar-refractivity contribution is 5.83. The van der Waals surface area contributed by atoms with Gasteiger partial charge in [0, 0.05) is 11.5 Å². The lowest BCUT2D eigenvalue weighted by Crippen LogP contribution is -2.51. The van der Waals surface area contributed by atoms with Crippen molar-refractivity contribution in [1.29, 1.82) is 0 Å². The topological polar surface area (TPSA) is 144 Å². The number of carbonyl (C=O) groups is 2. The van der Waals surface area contributed by atoms with Crippen molar-refractivity contribution in [2.24, 2.45) is 11.8 Å². The van der Waals surface area contributed by atoms with E-state index in [1.807, 2.05) is 44.2 Å². The molecule has 2 aromatic rings. The number of carboxylic acid groups (broad SMARTS) is 1. The fourth-order valence-corrected chi connectivity index (χ4v) is 4.36. The SMILES string of the molecule is CC(C)[C@H](OCc1ccccc1)[C@H]1[C@H]([N+](=O)[O-])[C@@H](c2ccco2)N[C@@H]1C(=O)NCCC(=O)O. The maximum atomic E-state index is 13.0. The minimum absolute atomic E-state index is 0.0785. The molecule has 1 aromatic heterocycles. The van der Waals surface area contributed by atoms with Crippen LogP contribution in [0.1, 0.15) is 37.6 Å². The second-order valence-electron chi connectivity index (χ2n) is 8.43. The molecule has 10 heteroatoms. The van der Waals surface area contributed by atoms with Crippen molar-refractivity contribution in [2.45, 2.75) is 51.1 Å². The molecule has 2 heterocycles. The van der Waals surface area contributed by atoms with Gasteiger partial charge in [0.2, 0.25) is 11.9 Å². The molecule has 3 rings (SSSR count). The molecule has 1 saturated heterocycles. The van der Waals surface area contributed by atoms with Crippen LogP contribution in [0.3, 0.4) is 0 Å². The van der Waals surface area contributed by atoms with Gasteiger partial charge in [-0.15, -0.1) is 0 Å². The van der Waals surface area contributed by atoms with Gasteiger partial charge in [-0.25, -0.2) is 0 Å². The molecule has 1 aliphatic heterocycles. The molecular weight excluding hydrogens is 430 g/mol. The standard InChI is InChI=1S/C23H29N3O7/c1-14(2)22(33-13-15-7-4-3-5-8-15)18-20(23(29)24-11-10-17(27)28)25-19(21(18)26(30)31)16-9-6-12-32-16/h3-9,12,14,18-22,25H,10-11,13H2,1-2H3,(H,24,29)(H,27,28)/t18-,19-,20+,21+,22+/m1/s1. The van der Waals surface area contributed by atoms with Crippen molar-refractivity contribution >= 4 is 11.9 Å². The second-order valence-corrected chi connectivity index (χ2v) is 8.43. The van der Waals surface area contributed by atoms with Gasteiger partial charge in [-0.05, 0) is 23.6 Å². The summed E-state index contributed by atoms with van der Waals surface area (Å²) in [5.74, 6) is -2.14. The summed E-state index contributed by atoms with van der Waals surface area (Å²) in [7, 11) is 0. The highest BCUT2D eigenvalue weighted by Crippen LogP contribution is 2.39. The van der Waals surface area contributed by atoms with Gasteiger partial charge in [-0.3, -0.25) is 25.0 Å². The Hall–Kier alpha value is -3.24. The molecule has 5 atom stereocenters. The predicted octanol–water partition coefficient (Wildman–Crippen LogP) is 2.39. The Labute approximate surface area is 191 Å². The van der Waals surface area contributed by atoms with Crippen LogP contribution in [0.2, 0.25) is 0 Å². The lowest BCUT2D eigenvalue weighted by atomic mass is 9.82. The highest BCUT2D eigenvalue weighted by Gasteiger charge is 2.58. The van der Waals surface area contributed by atoms with Crippen molar-refractivity contribution in [3.05, 3.63) is 70.2 Å². The molecule has 10 nitrogen and oxygen atoms in total. The van der Waals surface area contributed by atoms with E-state index in [1.165, 1.54) is 6.26 Å². The number of aliphatic carboxylic acids is 1. The highest BCUT2D eigenvalue weighted by atomic mass is 16.6. The molecule has 1 aliphatic rings. The summed E-state index contributed by atoms with van der Waals surface area (Å²) in [6.45, 7) is 3.95. The molecule has 0 unspecified atom stereocenters. The molecule has 3 N–H and O–H groups in total. The third kappa shape index (κ3) is 5.96. The summed E-state index contributed by atoms with van der Waals surface area (Å²) < 4.78 is 11.6. The van der Waals surface area contributed by atoms with Gasteiger partial charge in [-0.2, -0.15) is 0 Å². The van der Waals surface area contributed by atoms with Crippen LogP contribution in [0.4, 0.5) is 0 Å². The molecule has 0 aliphatic carbocycles. The summed E-state index contributed by atoms with van der Waals surface area (Å²) in [5.41, 5.74) is 0.914. The van der Waals surface area contributed by atoms with E-state index >= 15 is 0 Å². The van der Waals surface area contributed by atoms with Gasteiger partial charge < -0.3 is 19.6 Å². The summed E-state index contributed by atoms with van der Waals surface area (Å²) in [6, 6.07) is 9.73. The predicted molar refractivity (Wildman–Crippen MR) is 118 cm³/mol. The van der Waals surface area contributed by atoms with Crippen molar-refractivity contribution in [3.8, 4) is 0 Å². The number of nitro groups is 1. The lowest BCUT2D eigenvalue weighted by Gasteiger charge is -2.31. The number of nitrogens with one attached hydrogen (secondary N) is 2. The van der Waals surface area contributed by atoms with Gasteiger partial charge in [0.05, 0.1) is 37.4 Å². The minimum atomic E-state index is -1.19. The van der Waals surface area contributed by atoms with E-state index in [0.29, 0.717) is 5.76 Å². The van der Waals surface area contributed by atoms with Gasteiger partial charge in [0.25, 0.3) is 0 Å². The van der Waals surface area contributed by atoms with Gasteiger partial charge in [0.1, 0.15) is 11.8 Å². The second kappa shape index (κ2) is 11.1. The van der Waals surface area contributed by atoms with E-state index in [4.69, 9.17) is 14.3 Å². The number of furan rings is 1. The zero-order chi connectivity index (χ0) is 24.0. The quantitative estimate of drug-likeness (QED) is 0.343. The molecule has 33 heavy (non-hydrogen) atoms.